The van der Waals surface area contributed by atoms with E-state index in [1.165, 1.54) is 35.1 Å². The topological polar surface area (TPSA) is 63.1 Å². The van der Waals surface area contributed by atoms with Gasteiger partial charge in [-0.15, -0.1) is 5.10 Å². The maximum Gasteiger partial charge on any atom is 0.277 e. The second-order valence-corrected chi connectivity index (χ2v) is 6.84. The zero-order chi connectivity index (χ0) is 16.5. The van der Waals surface area contributed by atoms with Crippen LogP contribution in [0.2, 0.25) is 0 Å². The fourth-order valence-electron chi connectivity index (χ4n) is 3.58. The van der Waals surface area contributed by atoms with Crippen molar-refractivity contribution in [3.8, 4) is 0 Å². The molecule has 1 saturated carbocycles. The number of nitrogens with zero attached hydrogens (tertiary/aromatic N) is 4. The normalized spacial score (nSPS) is 18.5. The van der Waals surface area contributed by atoms with Crippen LogP contribution in [-0.2, 0) is 19.9 Å². The Morgan fingerprint density at radius 1 is 1.21 bits per heavy atom. The Labute approximate surface area is 141 Å². The maximum absolute atomic E-state index is 12.2. The lowest BCUT2D eigenvalue weighted by molar-refractivity contribution is 0.102. The first-order valence-electron chi connectivity index (χ1n) is 8.72. The summed E-state index contributed by atoms with van der Waals surface area (Å²) in [6.45, 7) is 2.28. The van der Waals surface area contributed by atoms with E-state index in [4.69, 9.17) is 0 Å². The molecule has 0 spiro atoms. The third-order valence-corrected chi connectivity index (χ3v) is 5.23. The van der Waals surface area contributed by atoms with E-state index < -0.39 is 0 Å². The number of rotatable bonds is 3. The Hall–Kier alpha value is -2.21. The lowest BCUT2D eigenvalue weighted by Crippen LogP contribution is -2.41. The highest BCUT2D eigenvalue weighted by atomic mass is 16.2. The SMILES string of the molecule is Cn1cc(C(=O)Nc2ccc3c(c2)CCN(C2CCC2)CC3)nn1. The number of carbonyl (C=O) groups excluding carboxylic acids is 1. The summed E-state index contributed by atoms with van der Waals surface area (Å²) in [6.07, 6.45) is 7.87. The Kier molecular flexibility index (Phi) is 4.06. The largest absolute Gasteiger partial charge is 0.321 e. The van der Waals surface area contributed by atoms with Crippen molar-refractivity contribution >= 4 is 11.6 Å². The summed E-state index contributed by atoms with van der Waals surface area (Å²) in [7, 11) is 1.75. The molecule has 6 nitrogen and oxygen atoms in total. The fourth-order valence-corrected chi connectivity index (χ4v) is 3.58. The molecular formula is C18H23N5O. The van der Waals surface area contributed by atoms with Gasteiger partial charge in [0.25, 0.3) is 5.91 Å². The molecule has 2 heterocycles. The molecular weight excluding hydrogens is 302 g/mol. The molecule has 0 radical (unpaired) electrons. The van der Waals surface area contributed by atoms with Crippen LogP contribution in [0.1, 0.15) is 40.9 Å². The minimum absolute atomic E-state index is 0.215. The summed E-state index contributed by atoms with van der Waals surface area (Å²) < 4.78 is 1.53. The predicted molar refractivity (Wildman–Crippen MR) is 92.0 cm³/mol. The van der Waals surface area contributed by atoms with E-state index in [1.54, 1.807) is 13.2 Å². The van der Waals surface area contributed by atoms with Crippen molar-refractivity contribution in [2.75, 3.05) is 18.4 Å². The van der Waals surface area contributed by atoms with Crippen molar-refractivity contribution in [1.82, 2.24) is 19.9 Å². The highest BCUT2D eigenvalue weighted by Gasteiger charge is 2.26. The van der Waals surface area contributed by atoms with Gasteiger partial charge in [-0.2, -0.15) is 0 Å². The Balaban J connectivity index is 1.46. The number of aryl methyl sites for hydroxylation is 1. The van der Waals surface area contributed by atoms with E-state index >= 15 is 0 Å². The van der Waals surface area contributed by atoms with E-state index in [2.05, 4.69) is 32.7 Å². The zero-order valence-corrected chi connectivity index (χ0v) is 14.0. The number of hydrogen-bond donors (Lipinski definition) is 1. The number of fused-ring (bicyclic) bond motifs is 1. The van der Waals surface area contributed by atoms with Crippen LogP contribution >= 0.6 is 0 Å². The third kappa shape index (κ3) is 3.06. The summed E-state index contributed by atoms with van der Waals surface area (Å²) >= 11 is 0. The molecule has 0 saturated heterocycles. The summed E-state index contributed by atoms with van der Waals surface area (Å²) in [5.41, 5.74) is 3.94. The number of anilines is 1. The Morgan fingerprint density at radius 2 is 2.00 bits per heavy atom. The molecule has 0 unspecified atom stereocenters. The van der Waals surface area contributed by atoms with Crippen molar-refractivity contribution in [2.24, 2.45) is 7.05 Å². The van der Waals surface area contributed by atoms with Crippen LogP contribution in [0, 0.1) is 0 Å². The first-order valence-corrected chi connectivity index (χ1v) is 8.72. The van der Waals surface area contributed by atoms with Crippen molar-refractivity contribution in [3.63, 3.8) is 0 Å². The molecule has 6 heteroatoms. The minimum Gasteiger partial charge on any atom is -0.321 e. The molecule has 126 valence electrons. The van der Waals surface area contributed by atoms with E-state index in [0.29, 0.717) is 5.69 Å². The maximum atomic E-state index is 12.2. The number of carbonyl (C=O) groups is 1. The highest BCUT2D eigenvalue weighted by Crippen LogP contribution is 2.28. The van der Waals surface area contributed by atoms with Crippen LogP contribution in [0.15, 0.2) is 24.4 Å². The molecule has 0 atom stereocenters. The Morgan fingerprint density at radius 3 is 2.67 bits per heavy atom. The summed E-state index contributed by atoms with van der Waals surface area (Å²) in [4.78, 5) is 14.9. The lowest BCUT2D eigenvalue weighted by atomic mass is 9.91. The second-order valence-electron chi connectivity index (χ2n) is 6.84. The number of nitrogens with one attached hydrogen (secondary N) is 1. The lowest BCUT2D eigenvalue weighted by Gasteiger charge is -2.36. The van der Waals surface area contributed by atoms with Crippen LogP contribution in [0.5, 0.6) is 0 Å². The van der Waals surface area contributed by atoms with Crippen molar-refractivity contribution < 1.29 is 4.79 Å². The minimum atomic E-state index is -0.215. The van der Waals surface area contributed by atoms with Gasteiger partial charge >= 0.3 is 0 Å². The molecule has 1 aromatic carbocycles. The third-order valence-electron chi connectivity index (χ3n) is 5.23. The first kappa shape index (κ1) is 15.3. The number of aromatic nitrogens is 3. The number of amides is 1. The van der Waals surface area contributed by atoms with Gasteiger partial charge in [0, 0.05) is 31.9 Å². The van der Waals surface area contributed by atoms with E-state index in [-0.39, 0.29) is 5.91 Å². The van der Waals surface area contributed by atoms with Gasteiger partial charge in [0.1, 0.15) is 0 Å². The molecule has 1 amide bonds. The second kappa shape index (κ2) is 6.36. The van der Waals surface area contributed by atoms with Crippen LogP contribution in [0.25, 0.3) is 0 Å². The van der Waals surface area contributed by atoms with Crippen molar-refractivity contribution in [1.29, 1.82) is 0 Å². The summed E-state index contributed by atoms with van der Waals surface area (Å²) in [6, 6.07) is 7.07. The predicted octanol–water partition coefficient (Wildman–Crippen LogP) is 2.02. The van der Waals surface area contributed by atoms with E-state index in [9.17, 15) is 4.79 Å². The molecule has 1 fully saturated rings. The molecule has 1 aliphatic heterocycles. The molecule has 4 rings (SSSR count). The summed E-state index contributed by atoms with van der Waals surface area (Å²) in [5, 5.41) is 10.6. The van der Waals surface area contributed by atoms with Crippen molar-refractivity contribution in [3.05, 3.63) is 41.2 Å². The molecule has 1 N–H and O–H groups in total. The van der Waals surface area contributed by atoms with Gasteiger partial charge in [-0.05, 0) is 48.9 Å². The molecule has 0 bridgehead atoms. The van der Waals surface area contributed by atoms with Crippen LogP contribution < -0.4 is 5.32 Å². The standard InChI is InChI=1S/C18H23N5O/c1-22-12-17(20-21-22)18(24)19-15-6-5-13-7-9-23(16-3-2-4-16)10-8-14(13)11-15/h5-6,11-12,16H,2-4,7-10H2,1H3,(H,19,24). The van der Waals surface area contributed by atoms with Crippen LogP contribution in [-0.4, -0.2) is 44.9 Å². The fraction of sp³-hybridized carbons (Fsp3) is 0.500. The molecule has 1 aromatic heterocycles. The Bertz CT molecular complexity index is 750. The number of hydrogen-bond acceptors (Lipinski definition) is 4. The van der Waals surface area contributed by atoms with Gasteiger partial charge in [-0.1, -0.05) is 17.7 Å². The monoisotopic (exact) mass is 325 g/mol. The smallest absolute Gasteiger partial charge is 0.277 e. The molecule has 24 heavy (non-hydrogen) atoms. The summed E-state index contributed by atoms with van der Waals surface area (Å²) in [5.74, 6) is -0.215. The van der Waals surface area contributed by atoms with Gasteiger partial charge in [0.15, 0.2) is 5.69 Å². The zero-order valence-electron chi connectivity index (χ0n) is 14.0. The molecule has 2 aliphatic rings. The van der Waals surface area contributed by atoms with Crippen molar-refractivity contribution in [2.45, 2.75) is 38.1 Å². The average Bonchev–Trinajstić information content (AvgIpc) is 2.85. The van der Waals surface area contributed by atoms with Crippen LogP contribution in [0.3, 0.4) is 0 Å². The van der Waals surface area contributed by atoms with Gasteiger partial charge < -0.3 is 5.32 Å². The quantitative estimate of drug-likeness (QED) is 0.938. The molecule has 1 aliphatic carbocycles. The van der Waals surface area contributed by atoms with Gasteiger partial charge in [0.05, 0.1) is 6.20 Å². The van der Waals surface area contributed by atoms with E-state index in [0.717, 1.165) is 37.7 Å². The number of benzene rings is 1. The first-order chi connectivity index (χ1) is 11.7. The molecule has 2 aromatic rings. The highest BCUT2D eigenvalue weighted by molar-refractivity contribution is 6.02. The van der Waals surface area contributed by atoms with Gasteiger partial charge in [0.2, 0.25) is 0 Å². The average molecular weight is 325 g/mol. The van der Waals surface area contributed by atoms with E-state index in [1.807, 2.05) is 6.07 Å². The van der Waals surface area contributed by atoms with Crippen LogP contribution in [0.4, 0.5) is 5.69 Å². The van der Waals surface area contributed by atoms with Gasteiger partial charge in [-0.25, -0.2) is 0 Å². The van der Waals surface area contributed by atoms with Gasteiger partial charge in [-0.3, -0.25) is 14.4 Å².